The molecule has 0 radical (unpaired) electrons. The molecule has 0 saturated carbocycles. The average Bonchev–Trinajstić information content (AvgIpc) is 2.27. The number of hydrogen-bond donors (Lipinski definition) is 1. The van der Waals surface area contributed by atoms with Crippen LogP contribution in [0, 0.1) is 12.3 Å². The van der Waals surface area contributed by atoms with Crippen LogP contribution in [0.4, 0.5) is 0 Å². The van der Waals surface area contributed by atoms with Crippen molar-refractivity contribution in [1.82, 2.24) is 5.32 Å². The van der Waals surface area contributed by atoms with Gasteiger partial charge in [-0.1, -0.05) is 43.7 Å². The first-order chi connectivity index (χ1) is 8.46. The maximum Gasteiger partial charge on any atom is 0.0294 e. The Labute approximate surface area is 116 Å². The second-order valence-electron chi connectivity index (χ2n) is 6.38. The van der Waals surface area contributed by atoms with Crippen LogP contribution in [0.1, 0.15) is 44.4 Å². The summed E-state index contributed by atoms with van der Waals surface area (Å²) in [7, 11) is 0. The van der Waals surface area contributed by atoms with Crippen molar-refractivity contribution in [2.24, 2.45) is 5.41 Å². The van der Waals surface area contributed by atoms with Crippen molar-refractivity contribution in [3.8, 4) is 0 Å². The standard InChI is InChI=1S/C16H25NS/c1-12-6-5-7-14(8-12)13(2)17-15-9-16(3,4)11-18-10-15/h5-8,13,15,17H,9-11H2,1-4H3/t13-,15?/m0/s1. The third-order valence-electron chi connectivity index (χ3n) is 3.64. The summed E-state index contributed by atoms with van der Waals surface area (Å²) in [6, 6.07) is 9.93. The van der Waals surface area contributed by atoms with Gasteiger partial charge in [0.25, 0.3) is 0 Å². The number of thioether (sulfide) groups is 1. The molecule has 0 aliphatic carbocycles. The van der Waals surface area contributed by atoms with Gasteiger partial charge in [-0.15, -0.1) is 0 Å². The topological polar surface area (TPSA) is 12.0 Å². The smallest absolute Gasteiger partial charge is 0.0294 e. The van der Waals surface area contributed by atoms with Gasteiger partial charge >= 0.3 is 0 Å². The number of rotatable bonds is 3. The summed E-state index contributed by atoms with van der Waals surface area (Å²) in [5.41, 5.74) is 3.23. The zero-order valence-electron chi connectivity index (χ0n) is 12.0. The lowest BCUT2D eigenvalue weighted by molar-refractivity contribution is 0.305. The molecule has 1 N–H and O–H groups in total. The number of hydrogen-bond acceptors (Lipinski definition) is 2. The van der Waals surface area contributed by atoms with Crippen molar-refractivity contribution in [2.45, 2.75) is 46.2 Å². The molecule has 1 nitrogen and oxygen atoms in total. The van der Waals surface area contributed by atoms with Gasteiger partial charge in [0.1, 0.15) is 0 Å². The van der Waals surface area contributed by atoms with Crippen molar-refractivity contribution in [3.63, 3.8) is 0 Å². The highest BCUT2D eigenvalue weighted by atomic mass is 32.2. The molecule has 2 rings (SSSR count). The van der Waals surface area contributed by atoms with Gasteiger partial charge in [-0.3, -0.25) is 0 Å². The summed E-state index contributed by atoms with van der Waals surface area (Å²) < 4.78 is 0. The first kappa shape index (κ1) is 14.0. The van der Waals surface area contributed by atoms with Gasteiger partial charge in [-0.25, -0.2) is 0 Å². The molecular weight excluding hydrogens is 238 g/mol. The second-order valence-corrected chi connectivity index (χ2v) is 7.41. The van der Waals surface area contributed by atoms with Crippen LogP contribution >= 0.6 is 11.8 Å². The van der Waals surface area contributed by atoms with E-state index in [1.54, 1.807) is 0 Å². The summed E-state index contributed by atoms with van der Waals surface area (Å²) >= 11 is 2.09. The highest BCUT2D eigenvalue weighted by Crippen LogP contribution is 2.34. The van der Waals surface area contributed by atoms with Gasteiger partial charge in [0.2, 0.25) is 0 Å². The highest BCUT2D eigenvalue weighted by molar-refractivity contribution is 7.99. The third-order valence-corrected chi connectivity index (χ3v) is 5.26. The molecule has 0 bridgehead atoms. The van der Waals surface area contributed by atoms with E-state index in [1.165, 1.54) is 29.1 Å². The van der Waals surface area contributed by atoms with Gasteiger partial charge in [0.15, 0.2) is 0 Å². The first-order valence-corrected chi connectivity index (χ1v) is 8.02. The van der Waals surface area contributed by atoms with E-state index in [9.17, 15) is 0 Å². The Balaban J connectivity index is 1.97. The Kier molecular flexibility index (Phi) is 4.39. The molecule has 1 saturated heterocycles. The number of benzene rings is 1. The molecule has 1 aromatic rings. The maximum atomic E-state index is 3.80. The molecule has 1 aliphatic rings. The molecular formula is C16H25NS. The third kappa shape index (κ3) is 3.76. The molecule has 0 aromatic heterocycles. The Morgan fingerprint density at radius 2 is 2.17 bits per heavy atom. The van der Waals surface area contributed by atoms with Gasteiger partial charge in [-0.05, 0) is 37.0 Å². The molecule has 18 heavy (non-hydrogen) atoms. The summed E-state index contributed by atoms with van der Waals surface area (Å²) in [5.74, 6) is 2.55. The van der Waals surface area contributed by atoms with Crippen molar-refractivity contribution < 1.29 is 0 Å². The van der Waals surface area contributed by atoms with Crippen molar-refractivity contribution >= 4 is 11.8 Å². The van der Waals surface area contributed by atoms with Gasteiger partial charge < -0.3 is 5.32 Å². The molecule has 100 valence electrons. The van der Waals surface area contributed by atoms with Crippen LogP contribution in [0.25, 0.3) is 0 Å². The highest BCUT2D eigenvalue weighted by Gasteiger charge is 2.29. The lowest BCUT2D eigenvalue weighted by atomic mass is 9.87. The maximum absolute atomic E-state index is 3.80. The minimum Gasteiger partial charge on any atom is -0.307 e. The fourth-order valence-corrected chi connectivity index (χ4v) is 4.05. The average molecular weight is 263 g/mol. The minimum absolute atomic E-state index is 0.449. The molecule has 1 aliphatic heterocycles. The largest absolute Gasteiger partial charge is 0.307 e. The first-order valence-electron chi connectivity index (χ1n) is 6.87. The molecule has 0 amide bonds. The zero-order valence-corrected chi connectivity index (χ0v) is 12.8. The monoisotopic (exact) mass is 263 g/mol. The molecule has 1 fully saturated rings. The molecule has 1 heterocycles. The zero-order chi connectivity index (χ0) is 13.2. The quantitative estimate of drug-likeness (QED) is 0.878. The van der Waals surface area contributed by atoms with Gasteiger partial charge in [-0.2, -0.15) is 11.8 Å². The van der Waals surface area contributed by atoms with Crippen molar-refractivity contribution in [2.75, 3.05) is 11.5 Å². The van der Waals surface area contributed by atoms with E-state index >= 15 is 0 Å². The Hall–Kier alpha value is -0.470. The van der Waals surface area contributed by atoms with Crippen LogP contribution < -0.4 is 5.32 Å². The number of aryl methyl sites for hydroxylation is 1. The lowest BCUT2D eigenvalue weighted by Gasteiger charge is -2.36. The van der Waals surface area contributed by atoms with Crippen LogP contribution in [0.5, 0.6) is 0 Å². The van der Waals surface area contributed by atoms with Crippen LogP contribution in [-0.4, -0.2) is 17.5 Å². The van der Waals surface area contributed by atoms with E-state index in [-0.39, 0.29) is 0 Å². The van der Waals surface area contributed by atoms with Crippen LogP contribution in [0.2, 0.25) is 0 Å². The van der Waals surface area contributed by atoms with Gasteiger partial charge in [0.05, 0.1) is 0 Å². The Bertz CT molecular complexity index is 400. The summed E-state index contributed by atoms with van der Waals surface area (Å²) in [5, 5.41) is 3.80. The lowest BCUT2D eigenvalue weighted by Crippen LogP contribution is -2.41. The number of nitrogens with one attached hydrogen (secondary N) is 1. The fraction of sp³-hybridized carbons (Fsp3) is 0.625. The Morgan fingerprint density at radius 3 is 2.83 bits per heavy atom. The van der Waals surface area contributed by atoms with Crippen LogP contribution in [0.15, 0.2) is 24.3 Å². The van der Waals surface area contributed by atoms with Crippen molar-refractivity contribution in [1.29, 1.82) is 0 Å². The minimum atomic E-state index is 0.449. The summed E-state index contributed by atoms with van der Waals surface area (Å²) in [6.07, 6.45) is 1.29. The predicted octanol–water partition coefficient (Wildman–Crippen LogP) is 4.18. The molecule has 2 heteroatoms. The molecule has 0 spiro atoms. The van der Waals surface area contributed by atoms with Gasteiger partial charge in [0, 0.05) is 17.8 Å². The van der Waals surface area contributed by atoms with E-state index in [0.717, 1.165) is 0 Å². The summed E-state index contributed by atoms with van der Waals surface area (Å²) in [6.45, 7) is 9.20. The van der Waals surface area contributed by atoms with E-state index < -0.39 is 0 Å². The fourth-order valence-electron chi connectivity index (χ4n) is 2.76. The normalized spacial score (nSPS) is 24.8. The van der Waals surface area contributed by atoms with Crippen molar-refractivity contribution in [3.05, 3.63) is 35.4 Å². The second kappa shape index (κ2) is 5.66. The van der Waals surface area contributed by atoms with E-state index in [0.29, 0.717) is 17.5 Å². The summed E-state index contributed by atoms with van der Waals surface area (Å²) in [4.78, 5) is 0. The van der Waals surface area contributed by atoms with E-state index in [1.807, 2.05) is 0 Å². The molecule has 2 atom stereocenters. The Morgan fingerprint density at radius 1 is 1.39 bits per heavy atom. The predicted molar refractivity (Wildman–Crippen MR) is 82.2 cm³/mol. The van der Waals surface area contributed by atoms with Crippen LogP contribution in [-0.2, 0) is 0 Å². The molecule has 1 unspecified atom stereocenters. The molecule has 1 aromatic carbocycles. The van der Waals surface area contributed by atoms with Crippen LogP contribution in [0.3, 0.4) is 0 Å². The van der Waals surface area contributed by atoms with E-state index in [2.05, 4.69) is 69.0 Å². The SMILES string of the molecule is Cc1cccc([C@H](C)NC2CSCC(C)(C)C2)c1. The van der Waals surface area contributed by atoms with E-state index in [4.69, 9.17) is 0 Å².